The fourth-order valence-electron chi connectivity index (χ4n) is 2.91. The van der Waals surface area contributed by atoms with Crippen LogP contribution in [0.3, 0.4) is 0 Å². The fourth-order valence-corrected chi connectivity index (χ4v) is 3.07. The van der Waals surface area contributed by atoms with Gasteiger partial charge in [0.15, 0.2) is 5.96 Å². The van der Waals surface area contributed by atoms with Crippen LogP contribution in [-0.4, -0.2) is 82.3 Å². The van der Waals surface area contributed by atoms with Crippen molar-refractivity contribution >= 4 is 48.2 Å². The predicted octanol–water partition coefficient (Wildman–Crippen LogP) is -2.25. The second-order valence-electron chi connectivity index (χ2n) is 8.32. The van der Waals surface area contributed by atoms with Gasteiger partial charge in [-0.25, -0.2) is 4.79 Å². The average Bonchev–Trinajstić information content (AvgIpc) is 2.76. The highest BCUT2D eigenvalue weighted by molar-refractivity contribution is 7.80. The van der Waals surface area contributed by atoms with Crippen LogP contribution >= 0.6 is 12.6 Å². The zero-order chi connectivity index (χ0) is 27.1. The minimum absolute atomic E-state index is 0.0181. The summed E-state index contributed by atoms with van der Waals surface area (Å²) in [5, 5.41) is 25.6. The molecule has 0 spiro atoms. The van der Waals surface area contributed by atoms with Gasteiger partial charge in [-0.1, -0.05) is 13.8 Å². The van der Waals surface area contributed by atoms with Gasteiger partial charge in [0.25, 0.3) is 0 Å². The lowest BCUT2D eigenvalue weighted by Crippen LogP contribution is -2.57. The van der Waals surface area contributed by atoms with Crippen LogP contribution in [0.15, 0.2) is 4.99 Å². The molecule has 0 heterocycles. The van der Waals surface area contributed by atoms with E-state index < -0.39 is 60.2 Å². The van der Waals surface area contributed by atoms with Gasteiger partial charge in [0.05, 0.1) is 6.04 Å². The molecule has 0 aromatic carbocycles. The number of carbonyl (C=O) groups excluding carboxylic acids is 3. The first kappa shape index (κ1) is 31.9. The highest BCUT2D eigenvalue weighted by Gasteiger charge is 2.30. The first-order chi connectivity index (χ1) is 16.3. The molecular formula is C20H37N7O7S. The summed E-state index contributed by atoms with van der Waals surface area (Å²) >= 11 is 3.95. The highest BCUT2D eigenvalue weighted by atomic mass is 32.1. The number of hydrogen-bond acceptors (Lipinski definition) is 8. The molecule has 0 aliphatic heterocycles. The summed E-state index contributed by atoms with van der Waals surface area (Å²) in [4.78, 5) is 64.3. The SMILES string of the molecule is CC(C)CC(NC(=O)C(CCC(=O)O)NC(=O)C(CCCN=C(N)N)NC(=O)C(N)CS)C(=O)O. The van der Waals surface area contributed by atoms with Crippen LogP contribution in [0.5, 0.6) is 0 Å². The molecule has 0 aliphatic rings. The van der Waals surface area contributed by atoms with Crippen molar-refractivity contribution in [2.75, 3.05) is 12.3 Å². The summed E-state index contributed by atoms with van der Waals surface area (Å²) < 4.78 is 0. The van der Waals surface area contributed by atoms with Crippen molar-refractivity contribution in [3.8, 4) is 0 Å². The zero-order valence-corrected chi connectivity index (χ0v) is 20.8. The number of rotatable bonds is 17. The van der Waals surface area contributed by atoms with Crippen molar-refractivity contribution in [2.24, 2.45) is 28.1 Å². The maximum absolute atomic E-state index is 13.0. The maximum Gasteiger partial charge on any atom is 0.326 e. The van der Waals surface area contributed by atoms with Crippen LogP contribution in [-0.2, 0) is 24.0 Å². The van der Waals surface area contributed by atoms with E-state index in [-0.39, 0.29) is 49.9 Å². The smallest absolute Gasteiger partial charge is 0.326 e. The van der Waals surface area contributed by atoms with E-state index in [9.17, 15) is 29.1 Å². The Bertz CT molecular complexity index is 775. The molecule has 0 radical (unpaired) electrons. The number of guanidine groups is 1. The number of nitrogens with two attached hydrogens (primary N) is 3. The van der Waals surface area contributed by atoms with Crippen molar-refractivity contribution in [3.05, 3.63) is 0 Å². The Balaban J connectivity index is 5.61. The lowest BCUT2D eigenvalue weighted by molar-refractivity contribution is -0.143. The molecule has 11 N–H and O–H groups in total. The molecule has 200 valence electrons. The van der Waals surface area contributed by atoms with Crippen molar-refractivity contribution in [1.29, 1.82) is 0 Å². The van der Waals surface area contributed by atoms with Gasteiger partial charge in [-0.05, 0) is 31.6 Å². The molecule has 0 saturated carbocycles. The van der Waals surface area contributed by atoms with E-state index in [1.165, 1.54) is 0 Å². The van der Waals surface area contributed by atoms with Crippen LogP contribution in [0.4, 0.5) is 0 Å². The summed E-state index contributed by atoms with van der Waals surface area (Å²) in [5.74, 6) is -4.95. The number of hydrogen-bond donors (Lipinski definition) is 9. The van der Waals surface area contributed by atoms with Gasteiger partial charge < -0.3 is 43.4 Å². The number of carbonyl (C=O) groups is 5. The van der Waals surface area contributed by atoms with Gasteiger partial charge in [-0.2, -0.15) is 12.6 Å². The number of carboxylic acid groups (broad SMARTS) is 2. The number of nitrogens with zero attached hydrogens (tertiary/aromatic N) is 1. The fraction of sp³-hybridized carbons (Fsp3) is 0.700. The van der Waals surface area contributed by atoms with E-state index in [0.717, 1.165) is 0 Å². The van der Waals surface area contributed by atoms with Gasteiger partial charge in [0.1, 0.15) is 18.1 Å². The molecule has 14 nitrogen and oxygen atoms in total. The first-order valence-electron chi connectivity index (χ1n) is 11.1. The van der Waals surface area contributed by atoms with E-state index in [1.807, 2.05) is 0 Å². The number of aliphatic carboxylic acids is 2. The number of aliphatic imine (C=N–C) groups is 1. The zero-order valence-electron chi connectivity index (χ0n) is 19.9. The Morgan fingerprint density at radius 2 is 1.40 bits per heavy atom. The molecule has 0 fully saturated rings. The maximum atomic E-state index is 13.0. The van der Waals surface area contributed by atoms with Crippen molar-refractivity contribution in [3.63, 3.8) is 0 Å². The molecule has 0 rings (SSSR count). The molecule has 4 unspecified atom stereocenters. The molecule has 3 amide bonds. The molecular weight excluding hydrogens is 482 g/mol. The van der Waals surface area contributed by atoms with Gasteiger partial charge in [0, 0.05) is 18.7 Å². The van der Waals surface area contributed by atoms with E-state index in [1.54, 1.807) is 13.8 Å². The number of amides is 3. The van der Waals surface area contributed by atoms with Gasteiger partial charge in [-0.15, -0.1) is 0 Å². The Kier molecular flexibility index (Phi) is 15.1. The molecule has 15 heteroatoms. The second-order valence-corrected chi connectivity index (χ2v) is 8.69. The van der Waals surface area contributed by atoms with Crippen LogP contribution in [0, 0.1) is 5.92 Å². The number of carboxylic acids is 2. The third-order valence-electron chi connectivity index (χ3n) is 4.71. The van der Waals surface area contributed by atoms with Crippen molar-refractivity contribution < 1.29 is 34.2 Å². The lowest BCUT2D eigenvalue weighted by Gasteiger charge is -2.25. The molecule has 0 aromatic rings. The minimum atomic E-state index is -1.36. The summed E-state index contributed by atoms with van der Waals surface area (Å²) in [7, 11) is 0. The average molecular weight is 520 g/mol. The van der Waals surface area contributed by atoms with E-state index in [0.29, 0.717) is 0 Å². The Hall–Kier alpha value is -3.07. The second kappa shape index (κ2) is 16.5. The third-order valence-corrected chi connectivity index (χ3v) is 5.11. The highest BCUT2D eigenvalue weighted by Crippen LogP contribution is 2.08. The molecule has 0 aliphatic carbocycles. The molecule has 35 heavy (non-hydrogen) atoms. The largest absolute Gasteiger partial charge is 0.481 e. The standard InChI is InChI=1S/C20H37N7O7S/c1-10(2)8-14(19(33)34)27-18(32)13(5-6-15(28)29)26-17(31)12(4-3-7-24-20(22)23)25-16(30)11(21)9-35/h10-14,35H,3-9,21H2,1-2H3,(H,25,30)(H,26,31)(H,27,32)(H,28,29)(H,33,34)(H4,22,23,24). The molecule has 0 bridgehead atoms. The van der Waals surface area contributed by atoms with Crippen LogP contribution in [0.2, 0.25) is 0 Å². The molecule has 4 atom stereocenters. The van der Waals surface area contributed by atoms with E-state index in [4.69, 9.17) is 22.3 Å². The monoisotopic (exact) mass is 519 g/mol. The van der Waals surface area contributed by atoms with Crippen LogP contribution < -0.4 is 33.2 Å². The number of nitrogens with one attached hydrogen (secondary N) is 3. The van der Waals surface area contributed by atoms with Gasteiger partial charge in [0.2, 0.25) is 17.7 Å². The van der Waals surface area contributed by atoms with E-state index in [2.05, 4.69) is 33.6 Å². The van der Waals surface area contributed by atoms with E-state index >= 15 is 0 Å². The van der Waals surface area contributed by atoms with Crippen molar-refractivity contribution in [1.82, 2.24) is 16.0 Å². The van der Waals surface area contributed by atoms with Gasteiger partial charge >= 0.3 is 11.9 Å². The van der Waals surface area contributed by atoms with Gasteiger partial charge in [-0.3, -0.25) is 24.2 Å². The molecule has 0 saturated heterocycles. The Labute approximate surface area is 209 Å². The topological polar surface area (TPSA) is 252 Å². The predicted molar refractivity (Wildman–Crippen MR) is 131 cm³/mol. The van der Waals surface area contributed by atoms with Crippen LogP contribution in [0.1, 0.15) is 46.0 Å². The third kappa shape index (κ3) is 14.0. The van der Waals surface area contributed by atoms with Crippen LogP contribution in [0.25, 0.3) is 0 Å². The normalized spacial score (nSPS) is 14.2. The summed E-state index contributed by atoms with van der Waals surface area (Å²) in [6, 6.07) is -4.73. The molecule has 0 aromatic heterocycles. The Morgan fingerprint density at radius 3 is 1.86 bits per heavy atom. The minimum Gasteiger partial charge on any atom is -0.481 e. The summed E-state index contributed by atoms with van der Waals surface area (Å²) in [5.41, 5.74) is 16.2. The van der Waals surface area contributed by atoms with Crippen molar-refractivity contribution in [2.45, 2.75) is 70.1 Å². The lowest BCUT2D eigenvalue weighted by atomic mass is 10.0. The summed E-state index contributed by atoms with van der Waals surface area (Å²) in [6.45, 7) is 3.72. The summed E-state index contributed by atoms with van der Waals surface area (Å²) in [6.07, 6.45) is -0.274. The Morgan fingerprint density at radius 1 is 0.886 bits per heavy atom. The number of thiol groups is 1. The first-order valence-corrected chi connectivity index (χ1v) is 11.7. The quantitative estimate of drug-likeness (QED) is 0.0431.